The van der Waals surface area contributed by atoms with Crippen molar-refractivity contribution in [2.24, 2.45) is 5.92 Å². The Bertz CT molecular complexity index is 1260. The normalized spacial score (nSPS) is 19.1. The van der Waals surface area contributed by atoms with Crippen molar-refractivity contribution in [1.29, 1.82) is 0 Å². The van der Waals surface area contributed by atoms with Gasteiger partial charge in [0.1, 0.15) is 30.3 Å². The smallest absolute Gasteiger partial charge is 0.243 e. The van der Waals surface area contributed by atoms with E-state index in [4.69, 9.17) is 0 Å². The highest BCUT2D eigenvalue weighted by molar-refractivity contribution is 5.88. The molecule has 4 rings (SSSR count). The maximum atomic E-state index is 13.5. The molecule has 0 bridgehead atoms. The summed E-state index contributed by atoms with van der Waals surface area (Å²) in [5.41, 5.74) is 0.951. The highest BCUT2D eigenvalue weighted by atomic mass is 16.2. The van der Waals surface area contributed by atoms with Crippen molar-refractivity contribution >= 4 is 17.7 Å². The number of amides is 3. The molecule has 0 saturated heterocycles. The van der Waals surface area contributed by atoms with E-state index >= 15 is 0 Å². The summed E-state index contributed by atoms with van der Waals surface area (Å²) in [5.74, 6) is 0.792. The van der Waals surface area contributed by atoms with Gasteiger partial charge >= 0.3 is 0 Å². The molecule has 0 fully saturated rings. The second-order valence-electron chi connectivity index (χ2n) is 10.5. The number of aryl methyl sites for hydroxylation is 2. The van der Waals surface area contributed by atoms with Crippen molar-refractivity contribution in [3.05, 3.63) is 60.2 Å². The molecule has 0 aliphatic carbocycles. The molecule has 0 radical (unpaired) electrons. The van der Waals surface area contributed by atoms with Gasteiger partial charge in [0.05, 0.1) is 12.6 Å². The molecule has 2 aromatic heterocycles. The fraction of sp³-hybridized carbons (Fsp3) is 0.536. The average Bonchev–Trinajstić information content (AvgIpc) is 3.58. The predicted molar refractivity (Wildman–Crippen MR) is 148 cm³/mol. The predicted octanol–water partition coefficient (Wildman–Crippen LogP) is 1.82. The van der Waals surface area contributed by atoms with Crippen LogP contribution in [-0.2, 0) is 33.9 Å². The van der Waals surface area contributed by atoms with Crippen molar-refractivity contribution in [3.8, 4) is 0 Å². The van der Waals surface area contributed by atoms with E-state index in [1.807, 2.05) is 51.1 Å². The largest absolute Gasteiger partial charge is 0.344 e. The van der Waals surface area contributed by atoms with Crippen LogP contribution in [0, 0.1) is 12.8 Å². The first-order chi connectivity index (χ1) is 19.3. The Hall–Kier alpha value is -4.09. The van der Waals surface area contributed by atoms with E-state index < -0.39 is 12.1 Å². The highest BCUT2D eigenvalue weighted by Gasteiger charge is 2.30. The first-order valence-electron chi connectivity index (χ1n) is 14.0. The van der Waals surface area contributed by atoms with E-state index in [0.29, 0.717) is 63.5 Å². The Morgan fingerprint density at radius 2 is 1.90 bits per heavy atom. The molecular formula is C28H39N9O3. The van der Waals surface area contributed by atoms with Gasteiger partial charge in [0.25, 0.3) is 0 Å². The van der Waals surface area contributed by atoms with Crippen LogP contribution in [0.1, 0.15) is 62.8 Å². The van der Waals surface area contributed by atoms with Crippen LogP contribution in [0.4, 0.5) is 0 Å². The number of aromatic nitrogens is 6. The van der Waals surface area contributed by atoms with Crippen molar-refractivity contribution in [3.63, 3.8) is 0 Å². The summed E-state index contributed by atoms with van der Waals surface area (Å²) >= 11 is 0. The van der Waals surface area contributed by atoms with E-state index in [9.17, 15) is 14.4 Å². The number of carbonyl (C=O) groups is 3. The maximum Gasteiger partial charge on any atom is 0.243 e. The minimum atomic E-state index is -0.744. The molecule has 12 nitrogen and oxygen atoms in total. The highest BCUT2D eigenvalue weighted by Crippen LogP contribution is 2.21. The van der Waals surface area contributed by atoms with E-state index in [1.165, 1.54) is 6.33 Å². The molecule has 0 spiro atoms. The maximum absolute atomic E-state index is 13.5. The van der Waals surface area contributed by atoms with Gasteiger partial charge in [-0.2, -0.15) is 10.2 Å². The van der Waals surface area contributed by atoms with Crippen LogP contribution < -0.4 is 10.6 Å². The lowest BCUT2D eigenvalue weighted by Gasteiger charge is -2.28. The molecule has 214 valence electrons. The topological polar surface area (TPSA) is 140 Å². The summed E-state index contributed by atoms with van der Waals surface area (Å²) < 4.78 is 3.50. The fourth-order valence-electron chi connectivity index (χ4n) is 4.88. The minimum Gasteiger partial charge on any atom is -0.344 e. The van der Waals surface area contributed by atoms with E-state index in [-0.39, 0.29) is 30.1 Å². The van der Waals surface area contributed by atoms with Gasteiger partial charge in [0.15, 0.2) is 0 Å². The lowest BCUT2D eigenvalue weighted by atomic mass is 10.0. The van der Waals surface area contributed by atoms with Gasteiger partial charge < -0.3 is 15.5 Å². The Labute approximate surface area is 234 Å². The Morgan fingerprint density at radius 3 is 2.62 bits per heavy atom. The molecule has 2 N–H and O–H groups in total. The number of hydrogen-bond donors (Lipinski definition) is 2. The number of fused-ring (bicyclic) bond motifs is 1. The van der Waals surface area contributed by atoms with E-state index in [2.05, 4.69) is 30.8 Å². The molecule has 2 atom stereocenters. The third-order valence-electron chi connectivity index (χ3n) is 6.99. The molecule has 12 heteroatoms. The SMILES string of the molecule is Cc1nc2n(n1)CCN(C(=O)CCCn1cncn1)CCCC(=O)N[C@@H](Cc1ccccc1)C(=O)N[C@@H]2C(C)C. The van der Waals surface area contributed by atoms with Crippen molar-refractivity contribution in [2.45, 2.75) is 78.0 Å². The summed E-state index contributed by atoms with van der Waals surface area (Å²) in [7, 11) is 0. The molecule has 0 unspecified atom stereocenters. The summed E-state index contributed by atoms with van der Waals surface area (Å²) in [4.78, 5) is 50.1. The standard InChI is InChI=1S/C28H39N9O3/c1-20(2)26-27-31-21(3)34-37(27)16-15-35(25(39)12-8-14-36-19-29-18-30-36)13-7-11-24(38)32-23(28(40)33-26)17-22-9-5-4-6-10-22/h4-6,9-10,18-20,23,26H,7-8,11-17H2,1-3H3,(H,32,38)(H,33,40)/t23-,26+/m0/s1. The summed E-state index contributed by atoms with van der Waals surface area (Å²) in [6.07, 6.45) is 5.16. The van der Waals surface area contributed by atoms with Gasteiger partial charge in [-0.05, 0) is 31.2 Å². The van der Waals surface area contributed by atoms with Crippen LogP contribution in [0.2, 0.25) is 0 Å². The lowest BCUT2D eigenvalue weighted by Crippen LogP contribution is -2.50. The number of rotatable bonds is 7. The molecule has 1 aliphatic heterocycles. The number of nitrogens with zero attached hydrogens (tertiary/aromatic N) is 7. The summed E-state index contributed by atoms with van der Waals surface area (Å²) in [5, 5.41) is 14.8. The molecule has 3 aromatic rings. The van der Waals surface area contributed by atoms with E-state index in [0.717, 1.165) is 5.56 Å². The second kappa shape index (κ2) is 13.8. The third kappa shape index (κ3) is 7.96. The lowest BCUT2D eigenvalue weighted by molar-refractivity contribution is -0.132. The molecule has 3 heterocycles. The summed E-state index contributed by atoms with van der Waals surface area (Å²) in [6.45, 7) is 7.74. The van der Waals surface area contributed by atoms with Crippen molar-refractivity contribution in [1.82, 2.24) is 45.1 Å². The zero-order valence-corrected chi connectivity index (χ0v) is 23.5. The van der Waals surface area contributed by atoms with Gasteiger partial charge in [0.2, 0.25) is 17.7 Å². The van der Waals surface area contributed by atoms with Crippen LogP contribution in [0.25, 0.3) is 0 Å². The monoisotopic (exact) mass is 549 g/mol. The molecule has 1 aliphatic rings. The molecule has 0 saturated carbocycles. The average molecular weight is 550 g/mol. The van der Waals surface area contributed by atoms with Gasteiger partial charge in [-0.1, -0.05) is 44.2 Å². The molecular weight excluding hydrogens is 510 g/mol. The molecule has 3 amide bonds. The summed E-state index contributed by atoms with van der Waals surface area (Å²) in [6, 6.07) is 8.47. The number of nitrogens with one attached hydrogen (secondary N) is 2. The minimum absolute atomic E-state index is 0.0154. The number of benzene rings is 1. The van der Waals surface area contributed by atoms with Crippen LogP contribution in [-0.4, -0.2) is 71.3 Å². The first-order valence-corrected chi connectivity index (χ1v) is 14.0. The Balaban J connectivity index is 1.55. The second-order valence-corrected chi connectivity index (χ2v) is 10.5. The van der Waals surface area contributed by atoms with Crippen LogP contribution in [0.3, 0.4) is 0 Å². The van der Waals surface area contributed by atoms with Gasteiger partial charge in [-0.25, -0.2) is 14.6 Å². The molecule has 40 heavy (non-hydrogen) atoms. The van der Waals surface area contributed by atoms with E-state index in [1.54, 1.807) is 20.6 Å². The zero-order chi connectivity index (χ0) is 28.5. The van der Waals surface area contributed by atoms with Crippen LogP contribution >= 0.6 is 0 Å². The molecule has 1 aromatic carbocycles. The van der Waals surface area contributed by atoms with Crippen LogP contribution in [0.15, 0.2) is 43.0 Å². The van der Waals surface area contributed by atoms with Gasteiger partial charge in [-0.15, -0.1) is 0 Å². The van der Waals surface area contributed by atoms with Crippen molar-refractivity contribution < 1.29 is 14.4 Å². The Kier molecular flexibility index (Phi) is 9.98. The van der Waals surface area contributed by atoms with Gasteiger partial charge in [0, 0.05) is 38.9 Å². The van der Waals surface area contributed by atoms with Crippen LogP contribution in [0.5, 0.6) is 0 Å². The Morgan fingerprint density at radius 1 is 1.10 bits per heavy atom. The third-order valence-corrected chi connectivity index (χ3v) is 6.99. The zero-order valence-electron chi connectivity index (χ0n) is 23.5. The van der Waals surface area contributed by atoms with Gasteiger partial charge in [-0.3, -0.25) is 19.1 Å². The quantitative estimate of drug-likeness (QED) is 0.458. The number of carbonyl (C=O) groups excluding carboxylic acids is 3. The first kappa shape index (κ1) is 28.9. The van der Waals surface area contributed by atoms with Crippen molar-refractivity contribution in [2.75, 3.05) is 13.1 Å². The number of hydrogen-bond acceptors (Lipinski definition) is 7. The fourth-order valence-corrected chi connectivity index (χ4v) is 4.88.